The Morgan fingerprint density at radius 3 is 2.31 bits per heavy atom. The minimum absolute atomic E-state index is 0.0155. The molecule has 0 aromatic heterocycles. The van der Waals surface area contributed by atoms with Gasteiger partial charge in [0.25, 0.3) is 0 Å². The Hall–Kier alpha value is -4.10. The summed E-state index contributed by atoms with van der Waals surface area (Å²) in [6.45, 7) is 4.99. The fourth-order valence-corrected chi connectivity index (χ4v) is 11.8. The molecule has 3 saturated carbocycles. The first kappa shape index (κ1) is 31.6. The zero-order valence-electron chi connectivity index (χ0n) is 30.6. The Labute approximate surface area is 305 Å². The number of benzene rings is 4. The molecule has 0 heterocycles. The lowest BCUT2D eigenvalue weighted by Crippen LogP contribution is -2.26. The number of rotatable bonds is 6. The maximum atomic E-state index is 2.63. The summed E-state index contributed by atoms with van der Waals surface area (Å²) in [4.78, 5) is 2.63. The second-order valence-corrected chi connectivity index (χ2v) is 17.5. The first-order chi connectivity index (χ1) is 25.0. The van der Waals surface area contributed by atoms with Gasteiger partial charge >= 0.3 is 0 Å². The normalized spacial score (nSPS) is 28.9. The molecule has 0 saturated heterocycles. The minimum Gasteiger partial charge on any atom is -0.310 e. The van der Waals surface area contributed by atoms with Gasteiger partial charge in [0.1, 0.15) is 0 Å². The van der Waals surface area contributed by atoms with E-state index in [0.717, 1.165) is 24.2 Å². The van der Waals surface area contributed by atoms with Crippen molar-refractivity contribution in [1.82, 2.24) is 0 Å². The fourth-order valence-electron chi connectivity index (χ4n) is 11.8. The van der Waals surface area contributed by atoms with Crippen LogP contribution in [0, 0.1) is 29.6 Å². The van der Waals surface area contributed by atoms with Crippen LogP contribution < -0.4 is 4.90 Å². The highest BCUT2D eigenvalue weighted by atomic mass is 15.1. The molecule has 6 aliphatic rings. The summed E-state index contributed by atoms with van der Waals surface area (Å²) in [6, 6.07) is 30.8. The molecule has 2 bridgehead atoms. The van der Waals surface area contributed by atoms with Crippen LogP contribution in [0.1, 0.15) is 107 Å². The molecule has 3 fully saturated rings. The lowest BCUT2D eigenvalue weighted by molar-refractivity contribution is 0.262. The van der Waals surface area contributed by atoms with E-state index in [1.807, 2.05) is 0 Å². The quantitative estimate of drug-likeness (QED) is 0.198. The van der Waals surface area contributed by atoms with Crippen molar-refractivity contribution in [2.75, 3.05) is 4.90 Å². The Morgan fingerprint density at radius 1 is 0.725 bits per heavy atom. The smallest absolute Gasteiger partial charge is 0.0543 e. The largest absolute Gasteiger partial charge is 0.310 e. The van der Waals surface area contributed by atoms with E-state index in [1.165, 1.54) is 113 Å². The number of anilines is 2. The average molecular weight is 668 g/mol. The molecule has 6 aliphatic carbocycles. The summed E-state index contributed by atoms with van der Waals surface area (Å²) in [5, 5.41) is 2.61. The predicted molar refractivity (Wildman–Crippen MR) is 216 cm³/mol. The average Bonchev–Trinajstić information content (AvgIpc) is 3.89. The van der Waals surface area contributed by atoms with E-state index < -0.39 is 0 Å². The molecule has 0 spiro atoms. The molecule has 4 aromatic rings. The van der Waals surface area contributed by atoms with E-state index in [1.54, 1.807) is 0 Å². The van der Waals surface area contributed by atoms with E-state index in [4.69, 9.17) is 0 Å². The highest BCUT2D eigenvalue weighted by Crippen LogP contribution is 2.59. The van der Waals surface area contributed by atoms with Gasteiger partial charge in [0.05, 0.1) is 5.69 Å². The molecule has 0 radical (unpaired) electrons. The zero-order valence-corrected chi connectivity index (χ0v) is 30.6. The predicted octanol–water partition coefficient (Wildman–Crippen LogP) is 13.7. The minimum atomic E-state index is -0.0155. The summed E-state index contributed by atoms with van der Waals surface area (Å²) in [7, 11) is 0. The Morgan fingerprint density at radius 2 is 1.55 bits per heavy atom. The van der Waals surface area contributed by atoms with Crippen LogP contribution >= 0.6 is 0 Å². The van der Waals surface area contributed by atoms with Crippen LogP contribution in [0.2, 0.25) is 0 Å². The number of hydrogen-bond donors (Lipinski definition) is 0. The first-order valence-electron chi connectivity index (χ1n) is 20.3. The van der Waals surface area contributed by atoms with Gasteiger partial charge in [-0.05, 0) is 143 Å². The van der Waals surface area contributed by atoms with Crippen molar-refractivity contribution in [1.29, 1.82) is 0 Å². The Bertz CT molecular complexity index is 2080. The Kier molecular flexibility index (Phi) is 7.78. The maximum Gasteiger partial charge on any atom is 0.0543 e. The summed E-state index contributed by atoms with van der Waals surface area (Å²) in [6.07, 6.45) is 31.0. The Balaban J connectivity index is 1.14. The SMILES string of the molecule is CC1(C)c2c(ccc(N(C3=CC[C@H](C4CC5CCC4C5)C=C3)c3ccc(C4CCCCC4)cc3)c2-c2ccc3ccccc3c2)C2C=CC=CC21. The number of hydrogen-bond acceptors (Lipinski definition) is 1. The molecular formula is C50H53N. The molecule has 5 unspecified atom stereocenters. The number of fused-ring (bicyclic) bond motifs is 6. The van der Waals surface area contributed by atoms with Gasteiger partial charge in [0.2, 0.25) is 0 Å². The third kappa shape index (κ3) is 5.32. The summed E-state index contributed by atoms with van der Waals surface area (Å²) >= 11 is 0. The van der Waals surface area contributed by atoms with Crippen molar-refractivity contribution in [3.63, 3.8) is 0 Å². The van der Waals surface area contributed by atoms with E-state index >= 15 is 0 Å². The summed E-state index contributed by atoms with van der Waals surface area (Å²) in [5.41, 5.74) is 11.2. The third-order valence-corrected chi connectivity index (χ3v) is 14.4. The molecule has 0 amide bonds. The van der Waals surface area contributed by atoms with Gasteiger partial charge in [-0.2, -0.15) is 0 Å². The van der Waals surface area contributed by atoms with E-state index in [2.05, 4.69) is 140 Å². The molecule has 4 aromatic carbocycles. The maximum absolute atomic E-state index is 2.63. The van der Waals surface area contributed by atoms with Crippen LogP contribution in [-0.4, -0.2) is 0 Å². The molecule has 0 aliphatic heterocycles. The van der Waals surface area contributed by atoms with E-state index in [0.29, 0.717) is 23.7 Å². The van der Waals surface area contributed by atoms with Crippen molar-refractivity contribution in [3.05, 3.63) is 144 Å². The molecule has 1 nitrogen and oxygen atoms in total. The van der Waals surface area contributed by atoms with Gasteiger partial charge in [-0.3, -0.25) is 0 Å². The van der Waals surface area contributed by atoms with Crippen molar-refractivity contribution < 1.29 is 0 Å². The third-order valence-electron chi connectivity index (χ3n) is 14.4. The molecular weight excluding hydrogens is 615 g/mol. The summed E-state index contributed by atoms with van der Waals surface area (Å²) < 4.78 is 0. The van der Waals surface area contributed by atoms with Crippen molar-refractivity contribution in [2.24, 2.45) is 29.6 Å². The van der Waals surface area contributed by atoms with Crippen LogP contribution in [0.3, 0.4) is 0 Å². The molecule has 10 rings (SSSR count). The van der Waals surface area contributed by atoms with Gasteiger partial charge in [0, 0.05) is 22.9 Å². The van der Waals surface area contributed by atoms with Crippen LogP contribution in [0.4, 0.5) is 11.4 Å². The monoisotopic (exact) mass is 667 g/mol. The van der Waals surface area contributed by atoms with Gasteiger partial charge in [-0.15, -0.1) is 0 Å². The standard InChI is InChI=1S/C50H53N/c1-50(2)46-15-9-8-14-43(46)44-28-29-47(48(49(44)50)40-19-18-35-12-6-7-13-38(35)32-40)51(41-24-20-36(21-25-41)34-10-4-3-5-11-34)42-26-22-37(23-27-42)45-31-33-16-17-39(45)30-33/h6-9,12-15,18-22,24-29,32-34,37,39,43,45-46H,3-5,10-11,16-17,23,30-31H2,1-2H3/t33?,37-,39?,43?,45?,46?/m1/s1. The van der Waals surface area contributed by atoms with Gasteiger partial charge in [0.15, 0.2) is 0 Å². The van der Waals surface area contributed by atoms with Gasteiger partial charge in [-0.1, -0.05) is 131 Å². The molecule has 1 heteroatoms. The van der Waals surface area contributed by atoms with Gasteiger partial charge < -0.3 is 4.90 Å². The number of nitrogens with zero attached hydrogens (tertiary/aromatic N) is 1. The summed E-state index contributed by atoms with van der Waals surface area (Å²) in [5.74, 6) is 5.06. The molecule has 51 heavy (non-hydrogen) atoms. The van der Waals surface area contributed by atoms with Crippen molar-refractivity contribution in [3.8, 4) is 11.1 Å². The highest BCUT2D eigenvalue weighted by molar-refractivity contribution is 5.94. The first-order valence-corrected chi connectivity index (χ1v) is 20.3. The second kappa shape index (κ2) is 12.5. The zero-order chi connectivity index (χ0) is 34.1. The van der Waals surface area contributed by atoms with Crippen molar-refractivity contribution >= 4 is 22.1 Å². The fraction of sp³-hybridized carbons (Fsp3) is 0.400. The van der Waals surface area contributed by atoms with Crippen LogP contribution in [0.25, 0.3) is 21.9 Å². The number of allylic oxidation sites excluding steroid dienone is 7. The topological polar surface area (TPSA) is 3.24 Å². The lowest BCUT2D eigenvalue weighted by atomic mass is 9.73. The molecule has 258 valence electrons. The van der Waals surface area contributed by atoms with Crippen LogP contribution in [0.15, 0.2) is 127 Å². The highest BCUT2D eigenvalue weighted by Gasteiger charge is 2.47. The molecule has 6 atom stereocenters. The lowest BCUT2D eigenvalue weighted by Gasteiger charge is -2.36. The van der Waals surface area contributed by atoms with Crippen LogP contribution in [-0.2, 0) is 5.41 Å². The molecule has 0 N–H and O–H groups in total. The van der Waals surface area contributed by atoms with Gasteiger partial charge in [-0.25, -0.2) is 0 Å². The van der Waals surface area contributed by atoms with Crippen molar-refractivity contribution in [2.45, 2.75) is 95.3 Å². The van der Waals surface area contributed by atoms with E-state index in [9.17, 15) is 0 Å². The second-order valence-electron chi connectivity index (χ2n) is 17.5. The van der Waals surface area contributed by atoms with E-state index in [-0.39, 0.29) is 5.41 Å². The van der Waals surface area contributed by atoms with Crippen LogP contribution in [0.5, 0.6) is 0 Å².